The van der Waals surface area contributed by atoms with E-state index in [0.717, 1.165) is 0 Å². The van der Waals surface area contributed by atoms with Gasteiger partial charge in [-0.1, -0.05) is 0 Å². The molecule has 0 amide bonds. The summed E-state index contributed by atoms with van der Waals surface area (Å²) in [6.07, 6.45) is 0.179. The molecule has 0 aromatic rings. The van der Waals surface area contributed by atoms with Crippen molar-refractivity contribution in [3.63, 3.8) is 0 Å². The Morgan fingerprint density at radius 1 is 1.64 bits per heavy atom. The lowest BCUT2D eigenvalue weighted by atomic mass is 10.2. The molecule has 1 N–H and O–H groups in total. The monoisotopic (exact) mass is 161 g/mol. The highest BCUT2D eigenvalue weighted by molar-refractivity contribution is 4.80. The molecule has 1 aliphatic rings. The zero-order chi connectivity index (χ0) is 8.27. The van der Waals surface area contributed by atoms with Gasteiger partial charge in [0.2, 0.25) is 0 Å². The number of nitrogens with one attached hydrogen (secondary N) is 1. The Hall–Kier alpha value is -0.150. The van der Waals surface area contributed by atoms with Crippen molar-refractivity contribution in [2.45, 2.75) is 38.6 Å². The van der Waals surface area contributed by atoms with Gasteiger partial charge in [-0.15, -0.1) is 0 Å². The number of rotatable bonds is 3. The van der Waals surface area contributed by atoms with Crippen LogP contribution in [0.25, 0.3) is 0 Å². The van der Waals surface area contributed by atoms with E-state index < -0.39 is 6.17 Å². The minimum absolute atomic E-state index is 0.229. The van der Waals surface area contributed by atoms with Gasteiger partial charge in [0, 0.05) is 12.6 Å². The highest BCUT2D eigenvalue weighted by Crippen LogP contribution is 2.10. The summed E-state index contributed by atoms with van der Waals surface area (Å²) in [4.78, 5) is 0. The van der Waals surface area contributed by atoms with Gasteiger partial charge in [0.1, 0.15) is 6.17 Å². The smallest absolute Gasteiger partial charge is 0.114 e. The number of hydrogen-bond acceptors (Lipinski definition) is 2. The van der Waals surface area contributed by atoms with Gasteiger partial charge in [-0.2, -0.15) is 0 Å². The summed E-state index contributed by atoms with van der Waals surface area (Å²) >= 11 is 0. The quantitative estimate of drug-likeness (QED) is 0.669. The van der Waals surface area contributed by atoms with Crippen LogP contribution in [0.1, 0.15) is 20.3 Å². The summed E-state index contributed by atoms with van der Waals surface area (Å²) in [5.41, 5.74) is 0. The van der Waals surface area contributed by atoms with Crippen LogP contribution in [-0.2, 0) is 4.74 Å². The van der Waals surface area contributed by atoms with Crippen molar-refractivity contribution < 1.29 is 9.13 Å². The first-order valence-corrected chi connectivity index (χ1v) is 4.17. The number of halogens is 1. The lowest BCUT2D eigenvalue weighted by Crippen LogP contribution is -2.28. The van der Waals surface area contributed by atoms with Crippen molar-refractivity contribution in [3.8, 4) is 0 Å². The van der Waals surface area contributed by atoms with E-state index >= 15 is 0 Å². The van der Waals surface area contributed by atoms with Crippen LogP contribution in [0.15, 0.2) is 0 Å². The summed E-state index contributed by atoms with van der Waals surface area (Å²) in [6.45, 7) is 5.11. The van der Waals surface area contributed by atoms with Crippen molar-refractivity contribution in [2.75, 3.05) is 13.2 Å². The van der Waals surface area contributed by atoms with Crippen molar-refractivity contribution in [3.05, 3.63) is 0 Å². The highest BCUT2D eigenvalue weighted by atomic mass is 19.1. The van der Waals surface area contributed by atoms with E-state index in [1.54, 1.807) is 0 Å². The van der Waals surface area contributed by atoms with Crippen molar-refractivity contribution >= 4 is 0 Å². The number of ether oxygens (including phenoxy) is 1. The Balaban J connectivity index is 2.08. The van der Waals surface area contributed by atoms with Crippen LogP contribution in [0.4, 0.5) is 4.39 Å². The zero-order valence-electron chi connectivity index (χ0n) is 7.14. The summed E-state index contributed by atoms with van der Waals surface area (Å²) in [5, 5.41) is 3.06. The summed E-state index contributed by atoms with van der Waals surface area (Å²) in [7, 11) is 0. The largest absolute Gasteiger partial charge is 0.377 e. The summed E-state index contributed by atoms with van der Waals surface area (Å²) in [6, 6.07) is 0.229. The predicted molar refractivity (Wildman–Crippen MR) is 42.4 cm³/mol. The Morgan fingerprint density at radius 2 is 2.36 bits per heavy atom. The van der Waals surface area contributed by atoms with Crippen LogP contribution in [-0.4, -0.2) is 31.5 Å². The first kappa shape index (κ1) is 8.94. The molecular formula is C8H16FNO. The average molecular weight is 161 g/mol. The lowest BCUT2D eigenvalue weighted by molar-refractivity contribution is 0.0639. The number of alkyl halides is 1. The molecule has 2 unspecified atom stereocenters. The average Bonchev–Trinajstić information content (AvgIpc) is 2.31. The van der Waals surface area contributed by atoms with Crippen molar-refractivity contribution in [1.82, 2.24) is 5.32 Å². The molecule has 1 fully saturated rings. The molecule has 3 heteroatoms. The molecule has 0 aromatic heterocycles. The Kier molecular flexibility index (Phi) is 3.27. The molecular weight excluding hydrogens is 145 g/mol. The Labute approximate surface area is 67.1 Å². The van der Waals surface area contributed by atoms with Gasteiger partial charge >= 0.3 is 0 Å². The molecule has 0 aromatic carbocycles. The van der Waals surface area contributed by atoms with Gasteiger partial charge in [0.25, 0.3) is 0 Å². The molecule has 1 heterocycles. The minimum Gasteiger partial charge on any atom is -0.377 e. The van der Waals surface area contributed by atoms with Crippen molar-refractivity contribution in [2.24, 2.45) is 0 Å². The zero-order valence-corrected chi connectivity index (χ0v) is 7.14. The molecule has 0 spiro atoms. The van der Waals surface area contributed by atoms with Gasteiger partial charge in [0.15, 0.2) is 0 Å². The van der Waals surface area contributed by atoms with Crippen LogP contribution < -0.4 is 5.32 Å². The first-order valence-electron chi connectivity index (χ1n) is 4.17. The molecule has 2 nitrogen and oxygen atoms in total. The van der Waals surface area contributed by atoms with E-state index in [-0.39, 0.29) is 12.1 Å². The fourth-order valence-electron chi connectivity index (χ4n) is 1.21. The third-order valence-corrected chi connectivity index (χ3v) is 1.80. The minimum atomic E-state index is -0.671. The Morgan fingerprint density at radius 3 is 2.82 bits per heavy atom. The second-order valence-electron chi connectivity index (χ2n) is 3.32. The second kappa shape index (κ2) is 4.02. The van der Waals surface area contributed by atoms with Crippen LogP contribution in [0.5, 0.6) is 0 Å². The molecule has 1 rings (SSSR count). The van der Waals surface area contributed by atoms with Crippen molar-refractivity contribution in [1.29, 1.82) is 0 Å². The number of hydrogen-bond donors (Lipinski definition) is 1. The second-order valence-corrected chi connectivity index (χ2v) is 3.32. The maximum atomic E-state index is 12.6. The fourth-order valence-corrected chi connectivity index (χ4v) is 1.21. The van der Waals surface area contributed by atoms with Gasteiger partial charge < -0.3 is 10.1 Å². The topological polar surface area (TPSA) is 21.3 Å². The highest BCUT2D eigenvalue weighted by Gasteiger charge is 2.23. The lowest BCUT2D eigenvalue weighted by Gasteiger charge is -2.12. The van der Waals surface area contributed by atoms with Crippen LogP contribution in [0.2, 0.25) is 0 Å². The van der Waals surface area contributed by atoms with Crippen LogP contribution >= 0.6 is 0 Å². The predicted octanol–water partition coefficient (Wildman–Crippen LogP) is 1.11. The fraction of sp³-hybridized carbons (Fsp3) is 1.00. The van der Waals surface area contributed by atoms with Gasteiger partial charge in [0.05, 0.1) is 12.7 Å². The SMILES string of the molecule is CC(C)OCC1CC(F)CN1. The molecule has 2 atom stereocenters. The van der Waals surface area contributed by atoms with E-state index in [1.807, 2.05) is 13.8 Å². The van der Waals surface area contributed by atoms with Crippen LogP contribution in [0.3, 0.4) is 0 Å². The summed E-state index contributed by atoms with van der Waals surface area (Å²) < 4.78 is 17.9. The van der Waals surface area contributed by atoms with E-state index in [2.05, 4.69) is 5.32 Å². The van der Waals surface area contributed by atoms with E-state index in [1.165, 1.54) is 0 Å². The molecule has 1 aliphatic heterocycles. The molecule has 66 valence electrons. The van der Waals surface area contributed by atoms with E-state index in [9.17, 15) is 4.39 Å². The normalized spacial score (nSPS) is 31.6. The van der Waals surface area contributed by atoms with E-state index in [0.29, 0.717) is 19.6 Å². The third kappa shape index (κ3) is 3.16. The van der Waals surface area contributed by atoms with E-state index in [4.69, 9.17) is 4.74 Å². The Bertz CT molecular complexity index is 119. The van der Waals surface area contributed by atoms with Gasteiger partial charge in [-0.25, -0.2) is 4.39 Å². The molecule has 1 saturated heterocycles. The molecule has 0 bridgehead atoms. The standard InChI is InChI=1S/C8H16FNO/c1-6(2)11-5-8-3-7(9)4-10-8/h6-8,10H,3-5H2,1-2H3. The van der Waals surface area contributed by atoms with Crippen LogP contribution in [0, 0.1) is 0 Å². The maximum Gasteiger partial charge on any atom is 0.114 e. The molecule has 11 heavy (non-hydrogen) atoms. The van der Waals surface area contributed by atoms with Gasteiger partial charge in [-0.05, 0) is 20.3 Å². The summed E-state index contributed by atoms with van der Waals surface area (Å²) in [5.74, 6) is 0. The third-order valence-electron chi connectivity index (χ3n) is 1.80. The molecule has 0 saturated carbocycles. The maximum absolute atomic E-state index is 12.6. The first-order chi connectivity index (χ1) is 5.18. The van der Waals surface area contributed by atoms with Gasteiger partial charge in [-0.3, -0.25) is 0 Å². The molecule has 0 aliphatic carbocycles. The molecule has 0 radical (unpaired) electrons.